The van der Waals surface area contributed by atoms with Crippen LogP contribution in [0.15, 0.2) is 58.7 Å². The molecule has 0 fully saturated rings. The molecular weight excluding hydrogens is 362 g/mol. The van der Waals surface area contributed by atoms with E-state index in [4.69, 9.17) is 0 Å². The highest BCUT2D eigenvalue weighted by Gasteiger charge is 2.13. The van der Waals surface area contributed by atoms with Crippen LogP contribution in [-0.4, -0.2) is 14.9 Å². The lowest BCUT2D eigenvalue weighted by Crippen LogP contribution is -2.11. The van der Waals surface area contributed by atoms with Crippen molar-refractivity contribution in [1.29, 1.82) is 0 Å². The number of rotatable bonds is 4. The maximum Gasteiger partial charge on any atom is 0.269 e. The van der Waals surface area contributed by atoms with Gasteiger partial charge in [0, 0.05) is 29.5 Å². The van der Waals surface area contributed by atoms with Crippen molar-refractivity contribution in [3.8, 4) is 11.1 Å². The Bertz CT molecular complexity index is 1190. The number of aromatic amines is 1. The van der Waals surface area contributed by atoms with Gasteiger partial charge in [-0.2, -0.15) is 0 Å². The lowest BCUT2D eigenvalue weighted by molar-refractivity contribution is -0.384. The van der Waals surface area contributed by atoms with Gasteiger partial charge in [-0.25, -0.2) is 4.98 Å². The number of hydrogen-bond donors (Lipinski definition) is 1. The third-order valence-electron chi connectivity index (χ3n) is 4.37. The van der Waals surface area contributed by atoms with Gasteiger partial charge >= 0.3 is 0 Å². The minimum Gasteiger partial charge on any atom is -0.310 e. The van der Waals surface area contributed by atoms with Crippen molar-refractivity contribution < 1.29 is 4.92 Å². The summed E-state index contributed by atoms with van der Waals surface area (Å²) in [5.74, 6) is 0.540. The van der Waals surface area contributed by atoms with Gasteiger partial charge in [0.05, 0.1) is 10.3 Å². The molecule has 134 valence electrons. The van der Waals surface area contributed by atoms with Crippen LogP contribution < -0.4 is 5.56 Å². The Labute approximate surface area is 158 Å². The first kappa shape index (κ1) is 17.1. The molecule has 1 N–H and O–H groups in total. The predicted molar refractivity (Wildman–Crippen MR) is 106 cm³/mol. The molecule has 0 bridgehead atoms. The topological polar surface area (TPSA) is 88.9 Å². The fourth-order valence-corrected chi connectivity index (χ4v) is 3.92. The molecule has 0 spiro atoms. The Morgan fingerprint density at radius 2 is 1.81 bits per heavy atom. The van der Waals surface area contributed by atoms with Crippen LogP contribution in [0, 0.1) is 17.0 Å². The van der Waals surface area contributed by atoms with Gasteiger partial charge in [0.1, 0.15) is 10.7 Å². The van der Waals surface area contributed by atoms with E-state index < -0.39 is 4.92 Å². The van der Waals surface area contributed by atoms with Gasteiger partial charge in [0.15, 0.2) is 0 Å². The van der Waals surface area contributed by atoms with Gasteiger partial charge in [-0.1, -0.05) is 42.0 Å². The Morgan fingerprint density at radius 3 is 2.48 bits per heavy atom. The molecule has 4 aromatic rings. The minimum atomic E-state index is -0.436. The summed E-state index contributed by atoms with van der Waals surface area (Å²) >= 11 is 1.44. The molecule has 0 saturated carbocycles. The normalized spacial score (nSPS) is 11.0. The van der Waals surface area contributed by atoms with Crippen molar-refractivity contribution in [3.05, 3.63) is 91.3 Å². The average Bonchev–Trinajstić information content (AvgIpc) is 3.07. The monoisotopic (exact) mass is 377 g/mol. The number of H-pyrrole nitrogens is 1. The van der Waals surface area contributed by atoms with Crippen LogP contribution in [0.2, 0.25) is 0 Å². The van der Waals surface area contributed by atoms with E-state index in [-0.39, 0.29) is 11.2 Å². The second-order valence-electron chi connectivity index (χ2n) is 6.31. The number of fused-ring (bicyclic) bond motifs is 1. The molecule has 7 heteroatoms. The number of nitrogens with one attached hydrogen (secondary N) is 1. The molecule has 0 aliphatic rings. The van der Waals surface area contributed by atoms with Crippen LogP contribution in [0.25, 0.3) is 21.3 Å². The molecule has 0 aliphatic heterocycles. The number of nitrogens with zero attached hydrogens (tertiary/aromatic N) is 2. The second kappa shape index (κ2) is 6.77. The summed E-state index contributed by atoms with van der Waals surface area (Å²) in [4.78, 5) is 31.1. The molecule has 27 heavy (non-hydrogen) atoms. The number of nitro groups is 1. The summed E-state index contributed by atoms with van der Waals surface area (Å²) in [6.45, 7) is 2.02. The standard InChI is InChI=1S/C20H15N3O3S/c1-12-2-6-14(7-3-12)16-11-27-20-18(16)19(24)21-17(22-20)10-13-4-8-15(9-5-13)23(25)26/h2-9,11H,10H2,1H3,(H,21,22,24). The first-order valence-corrected chi connectivity index (χ1v) is 9.20. The molecule has 6 nitrogen and oxygen atoms in total. The van der Waals surface area contributed by atoms with Crippen molar-refractivity contribution >= 4 is 27.2 Å². The quantitative estimate of drug-likeness (QED) is 0.420. The average molecular weight is 377 g/mol. The molecule has 0 unspecified atom stereocenters. The van der Waals surface area contributed by atoms with Gasteiger partial charge in [-0.15, -0.1) is 11.3 Å². The first-order chi connectivity index (χ1) is 13.0. The minimum absolute atomic E-state index is 0.0386. The van der Waals surface area contributed by atoms with E-state index in [0.717, 1.165) is 22.3 Å². The van der Waals surface area contributed by atoms with Crippen molar-refractivity contribution in [2.24, 2.45) is 0 Å². The summed E-state index contributed by atoms with van der Waals surface area (Å²) in [5, 5.41) is 13.3. The SMILES string of the molecule is Cc1ccc(-c2csc3nc(Cc4ccc([N+](=O)[O-])cc4)[nH]c(=O)c23)cc1. The van der Waals surface area contributed by atoms with E-state index in [1.165, 1.54) is 23.5 Å². The smallest absolute Gasteiger partial charge is 0.269 e. The van der Waals surface area contributed by atoms with Gasteiger partial charge in [0.2, 0.25) is 0 Å². The van der Waals surface area contributed by atoms with Crippen molar-refractivity contribution in [2.75, 3.05) is 0 Å². The second-order valence-corrected chi connectivity index (χ2v) is 7.17. The first-order valence-electron chi connectivity index (χ1n) is 8.32. The molecule has 0 saturated heterocycles. The van der Waals surface area contributed by atoms with Crippen molar-refractivity contribution in [1.82, 2.24) is 9.97 Å². The molecule has 2 heterocycles. The highest BCUT2D eigenvalue weighted by Crippen LogP contribution is 2.31. The van der Waals surface area contributed by atoms with Crippen molar-refractivity contribution in [2.45, 2.75) is 13.3 Å². The highest BCUT2D eigenvalue weighted by atomic mass is 32.1. The van der Waals surface area contributed by atoms with E-state index in [1.54, 1.807) is 12.1 Å². The Kier molecular flexibility index (Phi) is 4.29. The van der Waals surface area contributed by atoms with Crippen LogP contribution in [0.5, 0.6) is 0 Å². The summed E-state index contributed by atoms with van der Waals surface area (Å²) in [7, 11) is 0. The fourth-order valence-electron chi connectivity index (χ4n) is 2.95. The number of benzene rings is 2. The number of hydrogen-bond acceptors (Lipinski definition) is 5. The zero-order valence-electron chi connectivity index (χ0n) is 14.4. The van der Waals surface area contributed by atoms with Crippen LogP contribution in [0.4, 0.5) is 5.69 Å². The molecule has 2 aromatic heterocycles. The van der Waals surface area contributed by atoms with Crippen molar-refractivity contribution in [3.63, 3.8) is 0 Å². The van der Waals surface area contributed by atoms with Gasteiger partial charge < -0.3 is 4.98 Å². The Balaban J connectivity index is 1.69. The lowest BCUT2D eigenvalue weighted by atomic mass is 10.0. The predicted octanol–water partition coefficient (Wildman–Crippen LogP) is 4.46. The zero-order valence-corrected chi connectivity index (χ0v) is 15.2. The van der Waals surface area contributed by atoms with E-state index in [1.807, 2.05) is 36.6 Å². The van der Waals surface area contributed by atoms with Gasteiger partial charge in [0.25, 0.3) is 11.2 Å². The van der Waals surface area contributed by atoms with Gasteiger partial charge in [-0.05, 0) is 18.1 Å². The number of non-ortho nitro benzene ring substituents is 1. The Hall–Kier alpha value is -3.32. The summed E-state index contributed by atoms with van der Waals surface area (Å²) in [6.07, 6.45) is 0.404. The van der Waals surface area contributed by atoms with Crippen LogP contribution in [0.1, 0.15) is 17.0 Å². The fraction of sp³-hybridized carbons (Fsp3) is 0.100. The maximum absolute atomic E-state index is 12.7. The highest BCUT2D eigenvalue weighted by molar-refractivity contribution is 7.17. The summed E-state index contributed by atoms with van der Waals surface area (Å²) in [6, 6.07) is 14.3. The summed E-state index contributed by atoms with van der Waals surface area (Å²) < 4.78 is 0. The number of thiophene rings is 1. The van der Waals surface area contributed by atoms with E-state index in [0.29, 0.717) is 22.5 Å². The summed E-state index contributed by atoms with van der Waals surface area (Å²) in [5.41, 5.74) is 3.74. The number of aryl methyl sites for hydroxylation is 1. The third kappa shape index (κ3) is 3.37. The van der Waals surface area contributed by atoms with E-state index >= 15 is 0 Å². The lowest BCUT2D eigenvalue weighted by Gasteiger charge is -2.03. The largest absolute Gasteiger partial charge is 0.310 e. The molecule has 0 amide bonds. The number of aromatic nitrogens is 2. The molecule has 0 atom stereocenters. The Morgan fingerprint density at radius 1 is 1.11 bits per heavy atom. The molecule has 2 aromatic carbocycles. The molecule has 4 rings (SSSR count). The maximum atomic E-state index is 12.7. The van der Waals surface area contributed by atoms with Crippen LogP contribution in [-0.2, 0) is 6.42 Å². The van der Waals surface area contributed by atoms with Crippen LogP contribution >= 0.6 is 11.3 Å². The molecule has 0 radical (unpaired) electrons. The van der Waals surface area contributed by atoms with E-state index in [2.05, 4.69) is 9.97 Å². The molecular formula is C20H15N3O3S. The third-order valence-corrected chi connectivity index (χ3v) is 5.25. The van der Waals surface area contributed by atoms with Gasteiger partial charge in [-0.3, -0.25) is 14.9 Å². The van der Waals surface area contributed by atoms with E-state index in [9.17, 15) is 14.9 Å². The zero-order chi connectivity index (χ0) is 19.0. The molecule has 0 aliphatic carbocycles. The number of nitro benzene ring substituents is 1. The van der Waals surface area contributed by atoms with Crippen LogP contribution in [0.3, 0.4) is 0 Å².